The molecule has 0 amide bonds. The molecule has 2 rings (SSSR count). The minimum atomic E-state index is -1.13. The van der Waals surface area contributed by atoms with Gasteiger partial charge in [0.2, 0.25) is 0 Å². The van der Waals surface area contributed by atoms with Crippen molar-refractivity contribution in [1.82, 2.24) is 0 Å². The number of hydrogen-bond donors (Lipinski definition) is 1. The summed E-state index contributed by atoms with van der Waals surface area (Å²) < 4.78 is 4.75. The van der Waals surface area contributed by atoms with Crippen molar-refractivity contribution in [1.29, 1.82) is 0 Å². The van der Waals surface area contributed by atoms with E-state index in [1.807, 2.05) is 0 Å². The van der Waals surface area contributed by atoms with E-state index in [4.69, 9.17) is 9.84 Å². The first-order valence-corrected chi connectivity index (χ1v) is 6.27. The van der Waals surface area contributed by atoms with Crippen molar-refractivity contribution in [2.75, 3.05) is 6.61 Å². The molecule has 0 saturated carbocycles. The van der Waals surface area contributed by atoms with Crippen molar-refractivity contribution in [2.45, 2.75) is 6.92 Å². The van der Waals surface area contributed by atoms with Crippen molar-refractivity contribution < 1.29 is 54.1 Å². The molecule has 0 saturated heterocycles. The summed E-state index contributed by atoms with van der Waals surface area (Å²) in [4.78, 5) is 21.1. The summed E-state index contributed by atoms with van der Waals surface area (Å²) in [6, 6.07) is 14.0. The van der Waals surface area contributed by atoms with Gasteiger partial charge < -0.3 is 19.7 Å². The zero-order chi connectivity index (χ0) is 15.7. The van der Waals surface area contributed by atoms with Gasteiger partial charge in [0.25, 0.3) is 0 Å². The zero-order valence-corrected chi connectivity index (χ0v) is 14.5. The molecule has 0 radical (unpaired) electrons. The first kappa shape index (κ1) is 20.2. The summed E-state index contributed by atoms with van der Waals surface area (Å²) >= 11 is 0. The Morgan fingerprint density at radius 2 is 1.55 bits per heavy atom. The predicted octanol–water partition coefficient (Wildman–Crippen LogP) is -1.38. The normalized spacial score (nSPS) is 8.77. The van der Waals surface area contributed by atoms with E-state index in [1.54, 1.807) is 25.1 Å². The van der Waals surface area contributed by atoms with Crippen LogP contribution in [0.3, 0.4) is 0 Å². The third kappa shape index (κ3) is 7.26. The molecule has 2 aromatic carbocycles. The number of aromatic carboxylic acids is 1. The van der Waals surface area contributed by atoms with Gasteiger partial charge in [-0.3, -0.25) is 0 Å². The van der Waals surface area contributed by atoms with Crippen molar-refractivity contribution in [3.8, 4) is 5.75 Å². The van der Waals surface area contributed by atoms with Crippen molar-refractivity contribution in [2.24, 2.45) is 0 Å². The summed E-state index contributed by atoms with van der Waals surface area (Å²) in [6.07, 6.45) is 0. The number of benzene rings is 2. The monoisotopic (exact) mass is 310 g/mol. The first-order chi connectivity index (χ1) is 10.0. The zero-order valence-electron chi connectivity index (χ0n) is 12.5. The van der Waals surface area contributed by atoms with Gasteiger partial charge in [0.15, 0.2) is 0 Å². The molecule has 22 heavy (non-hydrogen) atoms. The Morgan fingerprint density at radius 1 is 1.00 bits per heavy atom. The number of carbonyl (C=O) groups excluding carboxylic acids is 2. The number of phenolic OH excluding ortho intramolecular Hbond substituents is 1. The van der Waals surface area contributed by atoms with Crippen LogP contribution in [0.2, 0.25) is 0 Å². The van der Waals surface area contributed by atoms with Crippen LogP contribution >= 0.6 is 0 Å². The molecule has 0 fully saturated rings. The van der Waals surface area contributed by atoms with Crippen LogP contribution < -0.4 is 34.7 Å². The van der Waals surface area contributed by atoms with Gasteiger partial charge in [0.1, 0.15) is 5.75 Å². The van der Waals surface area contributed by atoms with Crippen LogP contribution in [-0.4, -0.2) is 23.7 Å². The van der Waals surface area contributed by atoms with Gasteiger partial charge in [0, 0.05) is 0 Å². The maximum Gasteiger partial charge on any atom is 1.00 e. The largest absolute Gasteiger partial charge is 1.00 e. The minimum absolute atomic E-state index is 0. The number of carboxylic acid groups (broad SMARTS) is 1. The van der Waals surface area contributed by atoms with Crippen LogP contribution in [0.15, 0.2) is 54.6 Å². The number of carboxylic acids is 1. The Balaban J connectivity index is 0.000000397. The van der Waals surface area contributed by atoms with E-state index in [2.05, 4.69) is 0 Å². The molecule has 0 spiro atoms. The maximum absolute atomic E-state index is 11.1. The van der Waals surface area contributed by atoms with E-state index in [1.165, 1.54) is 36.4 Å². The molecule has 0 aliphatic carbocycles. The quantitative estimate of drug-likeness (QED) is 0.558. The fraction of sp³-hybridized carbons (Fsp3) is 0.125. The van der Waals surface area contributed by atoms with Gasteiger partial charge >= 0.3 is 35.5 Å². The molecule has 0 aromatic heterocycles. The van der Waals surface area contributed by atoms with Crippen LogP contribution in [0.25, 0.3) is 0 Å². The summed E-state index contributed by atoms with van der Waals surface area (Å²) in [5.74, 6) is -1.35. The Morgan fingerprint density at radius 3 is 1.95 bits per heavy atom. The number of aromatic hydroxyl groups is 1. The van der Waals surface area contributed by atoms with Crippen LogP contribution in [0, 0.1) is 0 Å². The van der Waals surface area contributed by atoms with Crippen molar-refractivity contribution in [3.63, 3.8) is 0 Å². The van der Waals surface area contributed by atoms with Crippen LogP contribution in [0.5, 0.6) is 5.75 Å². The SMILES string of the molecule is CCOC(=O)c1ccc(O)cc1.O=C([O-])c1ccccc1.[Na+]. The molecule has 0 bridgehead atoms. The number of rotatable bonds is 3. The van der Waals surface area contributed by atoms with E-state index in [0.29, 0.717) is 12.2 Å². The van der Waals surface area contributed by atoms with Crippen LogP contribution in [-0.2, 0) is 4.74 Å². The Hall–Kier alpha value is -1.82. The van der Waals surface area contributed by atoms with E-state index in [0.717, 1.165) is 0 Å². The smallest absolute Gasteiger partial charge is 0.545 e. The molecular weight excluding hydrogens is 295 g/mol. The van der Waals surface area contributed by atoms with E-state index < -0.39 is 5.97 Å². The first-order valence-electron chi connectivity index (χ1n) is 6.27. The van der Waals surface area contributed by atoms with Gasteiger partial charge in [-0.05, 0) is 36.8 Å². The Bertz CT molecular complexity index is 581. The third-order valence-corrected chi connectivity index (χ3v) is 2.39. The summed E-state index contributed by atoms with van der Waals surface area (Å²) in [7, 11) is 0. The van der Waals surface area contributed by atoms with Gasteiger partial charge in [-0.25, -0.2) is 4.79 Å². The van der Waals surface area contributed by atoms with Crippen molar-refractivity contribution >= 4 is 11.9 Å². The van der Waals surface area contributed by atoms with E-state index >= 15 is 0 Å². The molecule has 0 aliphatic rings. The molecule has 0 aliphatic heterocycles. The summed E-state index contributed by atoms with van der Waals surface area (Å²) in [6.45, 7) is 2.11. The summed E-state index contributed by atoms with van der Waals surface area (Å²) in [5.41, 5.74) is 0.673. The number of carbonyl (C=O) groups is 2. The Labute approximate surface area is 150 Å². The Kier molecular flexibility index (Phi) is 9.95. The van der Waals surface area contributed by atoms with Gasteiger partial charge in [-0.1, -0.05) is 30.3 Å². The molecular formula is C16H15NaO5. The van der Waals surface area contributed by atoms with Gasteiger partial charge in [0.05, 0.1) is 18.1 Å². The average molecular weight is 310 g/mol. The molecule has 0 atom stereocenters. The summed E-state index contributed by atoms with van der Waals surface area (Å²) in [5, 5.41) is 19.0. The van der Waals surface area contributed by atoms with E-state index in [9.17, 15) is 14.7 Å². The molecule has 1 N–H and O–H groups in total. The number of esters is 1. The van der Waals surface area contributed by atoms with Gasteiger partial charge in [-0.2, -0.15) is 0 Å². The second-order valence-corrected chi connectivity index (χ2v) is 3.92. The molecule has 6 heteroatoms. The molecule has 5 nitrogen and oxygen atoms in total. The van der Waals surface area contributed by atoms with Gasteiger partial charge in [-0.15, -0.1) is 0 Å². The van der Waals surface area contributed by atoms with Crippen molar-refractivity contribution in [3.05, 3.63) is 65.7 Å². The van der Waals surface area contributed by atoms with E-state index in [-0.39, 0.29) is 46.8 Å². The molecule has 0 unspecified atom stereocenters. The number of phenols is 1. The van der Waals surface area contributed by atoms with Crippen LogP contribution in [0.4, 0.5) is 0 Å². The third-order valence-electron chi connectivity index (χ3n) is 2.39. The molecule has 0 heterocycles. The number of ether oxygens (including phenoxy) is 1. The second kappa shape index (κ2) is 10.8. The fourth-order valence-corrected chi connectivity index (χ4v) is 1.39. The second-order valence-electron chi connectivity index (χ2n) is 3.92. The minimum Gasteiger partial charge on any atom is -0.545 e. The molecule has 2 aromatic rings. The average Bonchev–Trinajstić information content (AvgIpc) is 2.50. The van der Waals surface area contributed by atoms with Crippen LogP contribution in [0.1, 0.15) is 27.6 Å². The predicted molar refractivity (Wildman–Crippen MR) is 74.8 cm³/mol. The standard InChI is InChI=1S/C9H10O3.C7H6O2.Na/c1-2-12-9(11)7-3-5-8(10)6-4-7;8-7(9)6-4-2-1-3-5-6;/h3-6,10H,2H2,1H3;1-5H,(H,8,9);/q;;+1/p-1. The number of hydrogen-bond acceptors (Lipinski definition) is 5. The fourth-order valence-electron chi connectivity index (χ4n) is 1.39. The topological polar surface area (TPSA) is 86.7 Å². The maximum atomic E-state index is 11.1. The molecule has 110 valence electrons.